The molecule has 0 amide bonds. The highest BCUT2D eigenvalue weighted by atomic mass is 35.5. The molecule has 0 aromatic rings. The van der Waals surface area contributed by atoms with Gasteiger partial charge in [-0.2, -0.15) is 0 Å². The number of nitrogens with two attached hydrogens (primary N) is 1. The van der Waals surface area contributed by atoms with Crippen LogP contribution in [0, 0.1) is 10.8 Å². The molecule has 3 rings (SSSR count). The van der Waals surface area contributed by atoms with Crippen molar-refractivity contribution in [2.45, 2.75) is 56.9 Å². The van der Waals surface area contributed by atoms with Gasteiger partial charge in [-0.15, -0.1) is 12.4 Å². The van der Waals surface area contributed by atoms with Crippen molar-refractivity contribution in [1.29, 1.82) is 0 Å². The Labute approximate surface area is 95.2 Å². The molecule has 0 atom stereocenters. The number of halogens is 3. The van der Waals surface area contributed by atoms with Gasteiger partial charge in [-0.1, -0.05) is 6.42 Å². The fourth-order valence-electron chi connectivity index (χ4n) is 3.99. The third-order valence-corrected chi connectivity index (χ3v) is 5.15. The van der Waals surface area contributed by atoms with Gasteiger partial charge in [0.1, 0.15) is 0 Å². The topological polar surface area (TPSA) is 26.0 Å². The minimum Gasteiger partial charge on any atom is -0.328 e. The average molecular weight is 238 g/mol. The highest BCUT2D eigenvalue weighted by molar-refractivity contribution is 5.85. The van der Waals surface area contributed by atoms with E-state index < -0.39 is 16.8 Å². The monoisotopic (exact) mass is 237 g/mol. The van der Waals surface area contributed by atoms with Gasteiger partial charge in [-0.05, 0) is 38.5 Å². The molecule has 88 valence electrons. The molecule has 3 aliphatic rings. The summed E-state index contributed by atoms with van der Waals surface area (Å²) in [6, 6.07) is 0.175. The fourth-order valence-corrected chi connectivity index (χ4v) is 3.99. The molecule has 4 heteroatoms. The summed E-state index contributed by atoms with van der Waals surface area (Å²) in [5.74, 6) is -2.36. The van der Waals surface area contributed by atoms with Crippen LogP contribution in [0.4, 0.5) is 8.78 Å². The van der Waals surface area contributed by atoms with Gasteiger partial charge >= 0.3 is 0 Å². The first-order chi connectivity index (χ1) is 6.56. The van der Waals surface area contributed by atoms with Crippen LogP contribution in [0.5, 0.6) is 0 Å². The van der Waals surface area contributed by atoms with Crippen LogP contribution < -0.4 is 5.73 Å². The maximum absolute atomic E-state index is 13.9. The van der Waals surface area contributed by atoms with Gasteiger partial charge in [-0.25, -0.2) is 8.78 Å². The minimum absolute atomic E-state index is 0. The minimum atomic E-state index is -2.36. The third kappa shape index (κ3) is 1.02. The zero-order valence-electron chi connectivity index (χ0n) is 8.77. The van der Waals surface area contributed by atoms with Crippen molar-refractivity contribution in [1.82, 2.24) is 0 Å². The highest BCUT2D eigenvalue weighted by Gasteiger charge is 2.90. The number of fused-ring (bicyclic) bond motifs is 1. The normalized spacial score (nSPS) is 44.6. The summed E-state index contributed by atoms with van der Waals surface area (Å²) in [5, 5.41) is 0. The summed E-state index contributed by atoms with van der Waals surface area (Å²) in [7, 11) is 0. The molecule has 1 nitrogen and oxygen atoms in total. The average Bonchev–Trinajstić information content (AvgIpc) is 2.48. The van der Waals surface area contributed by atoms with E-state index in [0.29, 0.717) is 12.8 Å². The van der Waals surface area contributed by atoms with Crippen LogP contribution in [0.1, 0.15) is 44.9 Å². The van der Waals surface area contributed by atoms with Crippen LogP contribution in [-0.4, -0.2) is 12.0 Å². The van der Waals surface area contributed by atoms with E-state index in [9.17, 15) is 8.78 Å². The molecule has 2 spiro atoms. The van der Waals surface area contributed by atoms with Gasteiger partial charge in [0.05, 0.1) is 0 Å². The number of hydrogen-bond acceptors (Lipinski definition) is 1. The summed E-state index contributed by atoms with van der Waals surface area (Å²) in [6.07, 6.45) is 5.46. The van der Waals surface area contributed by atoms with E-state index in [1.165, 1.54) is 0 Å². The van der Waals surface area contributed by atoms with Crippen LogP contribution in [0.2, 0.25) is 0 Å². The standard InChI is InChI=1S/C11H17F2N.ClH/c12-11(13)9(4-1-5-9)10(11)6-2-8(14)3-7-10;/h8H,1-7,14H2;1H. The summed E-state index contributed by atoms with van der Waals surface area (Å²) in [5.41, 5.74) is 4.59. The van der Waals surface area contributed by atoms with Crippen molar-refractivity contribution < 1.29 is 8.78 Å². The van der Waals surface area contributed by atoms with Crippen LogP contribution in [0.15, 0.2) is 0 Å². The van der Waals surface area contributed by atoms with Crippen molar-refractivity contribution in [3.63, 3.8) is 0 Å². The highest BCUT2D eigenvalue weighted by Crippen LogP contribution is 2.86. The molecule has 2 N–H and O–H groups in total. The Morgan fingerprint density at radius 2 is 1.40 bits per heavy atom. The van der Waals surface area contributed by atoms with Crippen LogP contribution >= 0.6 is 12.4 Å². The molecule has 0 radical (unpaired) electrons. The molecule has 0 aliphatic heterocycles. The predicted octanol–water partition coefficient (Wildman–Crippen LogP) is 3.12. The Hall–Kier alpha value is 0.110. The first kappa shape index (κ1) is 11.6. The van der Waals surface area contributed by atoms with E-state index in [1.807, 2.05) is 0 Å². The summed E-state index contributed by atoms with van der Waals surface area (Å²) >= 11 is 0. The maximum atomic E-state index is 13.9. The van der Waals surface area contributed by atoms with Gasteiger partial charge in [0.2, 0.25) is 0 Å². The molecular weight excluding hydrogens is 220 g/mol. The van der Waals surface area contributed by atoms with E-state index in [0.717, 1.165) is 32.1 Å². The quantitative estimate of drug-likeness (QED) is 0.688. The molecule has 0 heterocycles. The van der Waals surface area contributed by atoms with Crippen molar-refractivity contribution >= 4 is 12.4 Å². The van der Waals surface area contributed by atoms with Crippen molar-refractivity contribution in [3.8, 4) is 0 Å². The second-order valence-electron chi connectivity index (χ2n) is 5.43. The Balaban J connectivity index is 0.000000853. The SMILES string of the molecule is Cl.NC1CCC2(CC1)C(F)(F)C21CCC1. The lowest BCUT2D eigenvalue weighted by atomic mass is 9.69. The van der Waals surface area contributed by atoms with Crippen molar-refractivity contribution in [2.24, 2.45) is 16.6 Å². The molecule has 0 aromatic heterocycles. The van der Waals surface area contributed by atoms with E-state index in [4.69, 9.17) is 5.73 Å². The van der Waals surface area contributed by atoms with Gasteiger partial charge in [0.15, 0.2) is 0 Å². The van der Waals surface area contributed by atoms with E-state index in [2.05, 4.69) is 0 Å². The summed E-state index contributed by atoms with van der Waals surface area (Å²) < 4.78 is 27.7. The summed E-state index contributed by atoms with van der Waals surface area (Å²) in [6.45, 7) is 0. The first-order valence-corrected chi connectivity index (χ1v) is 5.69. The molecule has 0 aromatic carbocycles. The van der Waals surface area contributed by atoms with E-state index >= 15 is 0 Å². The molecule has 0 saturated heterocycles. The van der Waals surface area contributed by atoms with Crippen LogP contribution in [0.3, 0.4) is 0 Å². The second kappa shape index (κ2) is 3.07. The lowest BCUT2D eigenvalue weighted by molar-refractivity contribution is 0.0185. The van der Waals surface area contributed by atoms with Crippen LogP contribution in [0.25, 0.3) is 0 Å². The molecular formula is C11H18ClF2N. The molecule has 0 unspecified atom stereocenters. The lowest BCUT2D eigenvalue weighted by Crippen LogP contribution is -2.32. The third-order valence-electron chi connectivity index (χ3n) is 5.15. The van der Waals surface area contributed by atoms with Gasteiger partial charge in [-0.3, -0.25) is 0 Å². The number of hydrogen-bond donors (Lipinski definition) is 1. The Kier molecular flexibility index (Phi) is 2.37. The van der Waals surface area contributed by atoms with Gasteiger partial charge < -0.3 is 5.73 Å². The van der Waals surface area contributed by atoms with Crippen LogP contribution in [-0.2, 0) is 0 Å². The van der Waals surface area contributed by atoms with Crippen molar-refractivity contribution in [3.05, 3.63) is 0 Å². The number of rotatable bonds is 0. The zero-order valence-corrected chi connectivity index (χ0v) is 9.59. The zero-order chi connectivity index (χ0) is 10.0. The molecule has 0 bridgehead atoms. The predicted molar refractivity (Wildman–Crippen MR) is 57.4 cm³/mol. The molecule has 3 fully saturated rings. The smallest absolute Gasteiger partial charge is 0.260 e. The van der Waals surface area contributed by atoms with Gasteiger partial charge in [0, 0.05) is 16.9 Å². The Morgan fingerprint density at radius 1 is 0.933 bits per heavy atom. The number of alkyl halides is 2. The van der Waals surface area contributed by atoms with Crippen molar-refractivity contribution in [2.75, 3.05) is 0 Å². The van der Waals surface area contributed by atoms with Gasteiger partial charge in [0.25, 0.3) is 5.92 Å². The largest absolute Gasteiger partial charge is 0.328 e. The fraction of sp³-hybridized carbons (Fsp3) is 1.00. The molecule has 3 saturated carbocycles. The maximum Gasteiger partial charge on any atom is 0.260 e. The Bertz CT molecular complexity index is 268. The first-order valence-electron chi connectivity index (χ1n) is 5.69. The van der Waals surface area contributed by atoms with E-state index in [-0.39, 0.29) is 18.4 Å². The Morgan fingerprint density at radius 3 is 1.73 bits per heavy atom. The van der Waals surface area contributed by atoms with E-state index in [1.54, 1.807) is 0 Å². The summed E-state index contributed by atoms with van der Waals surface area (Å²) in [4.78, 5) is 0. The lowest BCUT2D eigenvalue weighted by Gasteiger charge is -2.34. The second-order valence-corrected chi connectivity index (χ2v) is 5.43. The molecule has 15 heavy (non-hydrogen) atoms. The molecule has 3 aliphatic carbocycles.